The van der Waals surface area contributed by atoms with E-state index >= 15 is 0 Å². The maximum Gasteiger partial charge on any atom is 0.303 e. The number of carboxylic acid groups (broad SMARTS) is 1. The van der Waals surface area contributed by atoms with Crippen molar-refractivity contribution < 1.29 is 19.7 Å². The Morgan fingerprint density at radius 1 is 1.44 bits per heavy atom. The SMILES string of the molecule is CC(C)OCC(O)CN(C)CCCC(=O)O. The van der Waals surface area contributed by atoms with Gasteiger partial charge in [-0.3, -0.25) is 4.79 Å². The second-order valence-electron chi connectivity index (χ2n) is 4.30. The quantitative estimate of drug-likeness (QED) is 0.609. The summed E-state index contributed by atoms with van der Waals surface area (Å²) in [6, 6.07) is 0. The van der Waals surface area contributed by atoms with Gasteiger partial charge in [0.25, 0.3) is 0 Å². The molecule has 0 radical (unpaired) electrons. The van der Waals surface area contributed by atoms with Gasteiger partial charge >= 0.3 is 5.97 Å². The molecule has 0 rings (SSSR count). The Bertz CT molecular complexity index is 196. The van der Waals surface area contributed by atoms with Crippen molar-refractivity contribution in [2.24, 2.45) is 0 Å². The lowest BCUT2D eigenvalue weighted by Crippen LogP contribution is -2.33. The fourth-order valence-corrected chi connectivity index (χ4v) is 1.31. The largest absolute Gasteiger partial charge is 0.481 e. The molecule has 5 heteroatoms. The van der Waals surface area contributed by atoms with Crippen molar-refractivity contribution in [2.75, 3.05) is 26.7 Å². The lowest BCUT2D eigenvalue weighted by molar-refractivity contribution is -0.137. The number of rotatable bonds is 9. The minimum Gasteiger partial charge on any atom is -0.481 e. The molecule has 1 atom stereocenters. The molecule has 2 N–H and O–H groups in total. The Balaban J connectivity index is 3.53. The molecule has 1 unspecified atom stereocenters. The number of hydrogen-bond acceptors (Lipinski definition) is 4. The maximum atomic E-state index is 10.3. The zero-order chi connectivity index (χ0) is 12.6. The topological polar surface area (TPSA) is 70.0 Å². The average Bonchev–Trinajstić information content (AvgIpc) is 2.14. The molecule has 0 aliphatic carbocycles. The predicted octanol–water partition coefficient (Wildman–Crippen LogP) is 0.569. The number of ether oxygens (including phenoxy) is 1. The van der Waals surface area contributed by atoms with Crippen LogP contribution < -0.4 is 0 Å². The first kappa shape index (κ1) is 15.3. The van der Waals surface area contributed by atoms with Crippen molar-refractivity contribution in [3.05, 3.63) is 0 Å². The van der Waals surface area contributed by atoms with Crippen LogP contribution in [0.5, 0.6) is 0 Å². The van der Waals surface area contributed by atoms with Gasteiger partial charge in [0, 0.05) is 13.0 Å². The molecule has 0 aromatic rings. The maximum absolute atomic E-state index is 10.3. The first-order chi connectivity index (χ1) is 7.41. The molecular weight excluding hydrogens is 210 g/mol. The predicted molar refractivity (Wildman–Crippen MR) is 61.5 cm³/mol. The minimum absolute atomic E-state index is 0.118. The Labute approximate surface area is 97.0 Å². The third kappa shape index (κ3) is 9.89. The van der Waals surface area contributed by atoms with Gasteiger partial charge in [0.1, 0.15) is 0 Å². The smallest absolute Gasteiger partial charge is 0.303 e. The highest BCUT2D eigenvalue weighted by Gasteiger charge is 2.09. The van der Waals surface area contributed by atoms with E-state index in [9.17, 15) is 9.90 Å². The molecule has 0 spiro atoms. The molecule has 16 heavy (non-hydrogen) atoms. The van der Waals surface area contributed by atoms with Gasteiger partial charge in [-0.15, -0.1) is 0 Å². The van der Waals surface area contributed by atoms with E-state index in [1.807, 2.05) is 25.8 Å². The molecule has 0 aromatic carbocycles. The van der Waals surface area contributed by atoms with Crippen molar-refractivity contribution in [1.29, 1.82) is 0 Å². The van der Waals surface area contributed by atoms with E-state index in [1.54, 1.807) is 0 Å². The van der Waals surface area contributed by atoms with Crippen LogP contribution in [-0.2, 0) is 9.53 Å². The number of likely N-dealkylation sites (N-methyl/N-ethyl adjacent to an activating group) is 1. The number of hydrogen-bond donors (Lipinski definition) is 2. The van der Waals surface area contributed by atoms with Crippen LogP contribution in [0, 0.1) is 0 Å². The monoisotopic (exact) mass is 233 g/mol. The second-order valence-corrected chi connectivity index (χ2v) is 4.30. The fourth-order valence-electron chi connectivity index (χ4n) is 1.31. The van der Waals surface area contributed by atoms with E-state index in [1.165, 1.54) is 0 Å². The molecule has 0 amide bonds. The van der Waals surface area contributed by atoms with Crippen LogP contribution in [-0.4, -0.2) is 60.0 Å². The van der Waals surface area contributed by atoms with E-state index < -0.39 is 12.1 Å². The molecule has 0 saturated heterocycles. The van der Waals surface area contributed by atoms with E-state index in [-0.39, 0.29) is 12.5 Å². The summed E-state index contributed by atoms with van der Waals surface area (Å²) in [7, 11) is 1.86. The third-order valence-corrected chi connectivity index (χ3v) is 2.07. The molecule has 0 fully saturated rings. The van der Waals surface area contributed by atoms with Crippen molar-refractivity contribution in [3.8, 4) is 0 Å². The molecule has 0 heterocycles. The van der Waals surface area contributed by atoms with Crippen LogP contribution in [0.2, 0.25) is 0 Å². The fraction of sp³-hybridized carbons (Fsp3) is 0.909. The standard InChI is InChI=1S/C11H23NO4/c1-9(2)16-8-10(13)7-12(3)6-4-5-11(14)15/h9-10,13H,4-8H2,1-3H3,(H,14,15). The van der Waals surface area contributed by atoms with Gasteiger partial charge in [-0.1, -0.05) is 0 Å². The summed E-state index contributed by atoms with van der Waals surface area (Å²) in [5.74, 6) is -0.780. The number of carboxylic acids is 1. The highest BCUT2D eigenvalue weighted by molar-refractivity contribution is 5.66. The highest BCUT2D eigenvalue weighted by Crippen LogP contribution is 1.97. The first-order valence-electron chi connectivity index (χ1n) is 5.61. The highest BCUT2D eigenvalue weighted by atomic mass is 16.5. The number of aliphatic hydroxyl groups is 1. The lowest BCUT2D eigenvalue weighted by Gasteiger charge is -2.20. The van der Waals surface area contributed by atoms with Gasteiger partial charge in [0.05, 0.1) is 18.8 Å². The van der Waals surface area contributed by atoms with Gasteiger partial charge in [0.15, 0.2) is 0 Å². The Morgan fingerprint density at radius 3 is 2.56 bits per heavy atom. The van der Waals surface area contributed by atoms with Gasteiger partial charge < -0.3 is 19.8 Å². The molecule has 0 aromatic heterocycles. The van der Waals surface area contributed by atoms with E-state index in [0.717, 1.165) is 0 Å². The Morgan fingerprint density at radius 2 is 2.06 bits per heavy atom. The molecule has 0 bridgehead atoms. The second kappa shape index (κ2) is 8.50. The summed E-state index contributed by atoms with van der Waals surface area (Å²) in [6.07, 6.45) is 0.371. The van der Waals surface area contributed by atoms with Gasteiger partial charge in [0.2, 0.25) is 0 Å². The molecule has 0 aliphatic rings. The molecule has 5 nitrogen and oxygen atoms in total. The Hall–Kier alpha value is -0.650. The lowest BCUT2D eigenvalue weighted by atomic mass is 10.3. The normalized spacial score (nSPS) is 13.4. The van der Waals surface area contributed by atoms with Gasteiger partial charge in [-0.05, 0) is 33.9 Å². The van der Waals surface area contributed by atoms with Crippen molar-refractivity contribution in [3.63, 3.8) is 0 Å². The Kier molecular flexibility index (Phi) is 8.15. The summed E-state index contributed by atoms with van der Waals surface area (Å²) in [4.78, 5) is 12.2. The van der Waals surface area contributed by atoms with E-state index in [4.69, 9.17) is 9.84 Å². The third-order valence-electron chi connectivity index (χ3n) is 2.07. The molecule has 96 valence electrons. The summed E-state index contributed by atoms with van der Waals surface area (Å²) in [6.45, 7) is 5.34. The van der Waals surface area contributed by atoms with E-state index in [0.29, 0.717) is 26.1 Å². The van der Waals surface area contributed by atoms with Crippen LogP contribution in [0.15, 0.2) is 0 Å². The molecule has 0 aliphatic heterocycles. The molecule has 0 saturated carbocycles. The summed E-state index contributed by atoms with van der Waals surface area (Å²) < 4.78 is 5.28. The summed E-state index contributed by atoms with van der Waals surface area (Å²) >= 11 is 0. The average molecular weight is 233 g/mol. The molecular formula is C11H23NO4. The zero-order valence-electron chi connectivity index (χ0n) is 10.3. The number of carbonyl (C=O) groups is 1. The van der Waals surface area contributed by atoms with Crippen LogP contribution in [0.25, 0.3) is 0 Å². The number of aliphatic hydroxyl groups excluding tert-OH is 1. The van der Waals surface area contributed by atoms with Crippen LogP contribution in [0.1, 0.15) is 26.7 Å². The van der Waals surface area contributed by atoms with Crippen molar-refractivity contribution in [2.45, 2.75) is 38.9 Å². The number of aliphatic carboxylic acids is 1. The zero-order valence-corrected chi connectivity index (χ0v) is 10.3. The van der Waals surface area contributed by atoms with Crippen molar-refractivity contribution >= 4 is 5.97 Å². The van der Waals surface area contributed by atoms with Crippen LogP contribution in [0.3, 0.4) is 0 Å². The number of nitrogens with zero attached hydrogens (tertiary/aromatic N) is 1. The summed E-state index contributed by atoms with van der Waals surface area (Å²) in [5, 5.41) is 18.1. The minimum atomic E-state index is -0.780. The van der Waals surface area contributed by atoms with E-state index in [2.05, 4.69) is 0 Å². The van der Waals surface area contributed by atoms with Gasteiger partial charge in [-0.2, -0.15) is 0 Å². The van der Waals surface area contributed by atoms with Gasteiger partial charge in [-0.25, -0.2) is 0 Å². The van der Waals surface area contributed by atoms with Crippen molar-refractivity contribution in [1.82, 2.24) is 4.90 Å². The van der Waals surface area contributed by atoms with Crippen LogP contribution in [0.4, 0.5) is 0 Å². The summed E-state index contributed by atoms with van der Waals surface area (Å²) in [5.41, 5.74) is 0. The first-order valence-corrected chi connectivity index (χ1v) is 5.61. The van der Waals surface area contributed by atoms with Crippen LogP contribution >= 0.6 is 0 Å².